The van der Waals surface area contributed by atoms with Crippen molar-refractivity contribution in [3.05, 3.63) is 30.3 Å². The highest BCUT2D eigenvalue weighted by Gasteiger charge is 2.33. The lowest BCUT2D eigenvalue weighted by Gasteiger charge is -2.36. The molecule has 2 fully saturated rings. The maximum absolute atomic E-state index is 12.6. The maximum atomic E-state index is 12.6. The Balaban J connectivity index is 1.58. The predicted molar refractivity (Wildman–Crippen MR) is 87.4 cm³/mol. The van der Waals surface area contributed by atoms with E-state index in [2.05, 4.69) is 10.2 Å². The van der Waals surface area contributed by atoms with E-state index in [1.54, 1.807) is 30.3 Å². The number of rotatable bonds is 5. The third-order valence-corrected chi connectivity index (χ3v) is 6.42. The molecule has 1 saturated heterocycles. The number of benzene rings is 1. The standard InChI is InChI=1S/C16H23N3O3S/c1-13(16(20)17-14-7-8-14)18-9-11-19(12-10-18)23(21,22)15-5-3-2-4-6-15/h2-6,13-14H,7-12H2,1H3,(H,17,20). The zero-order valence-electron chi connectivity index (χ0n) is 13.3. The van der Waals surface area contributed by atoms with E-state index < -0.39 is 10.0 Å². The molecule has 1 unspecified atom stereocenters. The summed E-state index contributed by atoms with van der Waals surface area (Å²) in [7, 11) is -3.43. The minimum Gasteiger partial charge on any atom is -0.352 e. The zero-order valence-corrected chi connectivity index (χ0v) is 14.1. The van der Waals surface area contributed by atoms with E-state index in [9.17, 15) is 13.2 Å². The molecule has 0 radical (unpaired) electrons. The van der Waals surface area contributed by atoms with Gasteiger partial charge in [0.1, 0.15) is 0 Å². The molecule has 1 atom stereocenters. The van der Waals surface area contributed by atoms with Gasteiger partial charge in [0, 0.05) is 32.2 Å². The van der Waals surface area contributed by atoms with E-state index in [4.69, 9.17) is 0 Å². The number of carbonyl (C=O) groups is 1. The molecular formula is C16H23N3O3S. The number of nitrogens with zero attached hydrogens (tertiary/aromatic N) is 2. The van der Waals surface area contributed by atoms with Gasteiger partial charge in [-0.15, -0.1) is 0 Å². The van der Waals surface area contributed by atoms with Gasteiger partial charge < -0.3 is 5.32 Å². The van der Waals surface area contributed by atoms with Crippen LogP contribution in [-0.4, -0.2) is 61.8 Å². The number of sulfonamides is 1. The molecule has 2 aliphatic rings. The van der Waals surface area contributed by atoms with E-state index in [1.165, 1.54) is 4.31 Å². The molecule has 1 N–H and O–H groups in total. The Morgan fingerprint density at radius 2 is 1.74 bits per heavy atom. The molecule has 3 rings (SSSR count). The van der Waals surface area contributed by atoms with Crippen molar-refractivity contribution in [2.75, 3.05) is 26.2 Å². The van der Waals surface area contributed by atoms with Gasteiger partial charge in [0.25, 0.3) is 0 Å². The summed E-state index contributed by atoms with van der Waals surface area (Å²) in [6.07, 6.45) is 2.14. The van der Waals surface area contributed by atoms with Crippen LogP contribution in [0.15, 0.2) is 35.2 Å². The van der Waals surface area contributed by atoms with Gasteiger partial charge in [-0.2, -0.15) is 4.31 Å². The second-order valence-electron chi connectivity index (χ2n) is 6.21. The first-order valence-electron chi connectivity index (χ1n) is 8.08. The summed E-state index contributed by atoms with van der Waals surface area (Å²) in [5, 5.41) is 3.01. The highest BCUT2D eigenvalue weighted by Crippen LogP contribution is 2.20. The van der Waals surface area contributed by atoms with Crippen molar-refractivity contribution in [3.8, 4) is 0 Å². The van der Waals surface area contributed by atoms with Gasteiger partial charge in [-0.05, 0) is 31.9 Å². The first kappa shape index (κ1) is 16.4. The molecule has 0 aromatic heterocycles. The Hall–Kier alpha value is -1.44. The van der Waals surface area contributed by atoms with Crippen molar-refractivity contribution in [2.45, 2.75) is 36.7 Å². The Morgan fingerprint density at radius 1 is 1.13 bits per heavy atom. The van der Waals surface area contributed by atoms with E-state index >= 15 is 0 Å². The first-order chi connectivity index (χ1) is 11.0. The zero-order chi connectivity index (χ0) is 16.4. The van der Waals surface area contributed by atoms with Crippen LogP contribution < -0.4 is 5.32 Å². The van der Waals surface area contributed by atoms with Crippen LogP contribution in [0.4, 0.5) is 0 Å². The summed E-state index contributed by atoms with van der Waals surface area (Å²) in [6.45, 7) is 3.87. The SMILES string of the molecule is CC(C(=O)NC1CC1)N1CCN(S(=O)(=O)c2ccccc2)CC1. The minimum atomic E-state index is -3.43. The average molecular weight is 337 g/mol. The number of piperazine rings is 1. The van der Waals surface area contributed by atoms with Gasteiger partial charge in [-0.3, -0.25) is 9.69 Å². The maximum Gasteiger partial charge on any atom is 0.243 e. The molecule has 6 nitrogen and oxygen atoms in total. The second kappa shape index (κ2) is 6.59. The molecular weight excluding hydrogens is 314 g/mol. The molecule has 1 aromatic rings. The molecule has 23 heavy (non-hydrogen) atoms. The van der Waals surface area contributed by atoms with Crippen LogP contribution in [0.5, 0.6) is 0 Å². The van der Waals surface area contributed by atoms with Gasteiger partial charge in [-0.1, -0.05) is 18.2 Å². The summed E-state index contributed by atoms with van der Waals surface area (Å²) in [5.41, 5.74) is 0. The molecule has 1 amide bonds. The van der Waals surface area contributed by atoms with E-state index in [0.29, 0.717) is 37.1 Å². The van der Waals surface area contributed by atoms with Crippen molar-refractivity contribution in [3.63, 3.8) is 0 Å². The second-order valence-corrected chi connectivity index (χ2v) is 8.15. The van der Waals surface area contributed by atoms with Gasteiger partial charge in [0.05, 0.1) is 10.9 Å². The summed E-state index contributed by atoms with van der Waals surface area (Å²) in [5.74, 6) is 0.0480. The summed E-state index contributed by atoms with van der Waals surface area (Å²) < 4.78 is 26.7. The Kier molecular flexibility index (Phi) is 4.70. The lowest BCUT2D eigenvalue weighted by atomic mass is 10.2. The molecule has 1 aliphatic carbocycles. The van der Waals surface area contributed by atoms with Crippen LogP contribution >= 0.6 is 0 Å². The smallest absolute Gasteiger partial charge is 0.243 e. The first-order valence-corrected chi connectivity index (χ1v) is 9.52. The number of hydrogen-bond acceptors (Lipinski definition) is 4. The van der Waals surface area contributed by atoms with Crippen LogP contribution in [0.1, 0.15) is 19.8 Å². The molecule has 1 heterocycles. The third-order valence-electron chi connectivity index (χ3n) is 4.51. The molecule has 7 heteroatoms. The number of hydrogen-bond donors (Lipinski definition) is 1. The predicted octanol–water partition coefficient (Wildman–Crippen LogP) is 0.660. The molecule has 0 bridgehead atoms. The molecule has 0 spiro atoms. The number of carbonyl (C=O) groups excluding carboxylic acids is 1. The monoisotopic (exact) mass is 337 g/mol. The molecule has 1 saturated carbocycles. The fourth-order valence-electron chi connectivity index (χ4n) is 2.79. The minimum absolute atomic E-state index is 0.0480. The lowest BCUT2D eigenvalue weighted by molar-refractivity contribution is -0.126. The van der Waals surface area contributed by atoms with Gasteiger partial charge in [0.15, 0.2) is 0 Å². The van der Waals surface area contributed by atoms with Crippen molar-refractivity contribution < 1.29 is 13.2 Å². The van der Waals surface area contributed by atoms with Crippen LogP contribution in [0.2, 0.25) is 0 Å². The van der Waals surface area contributed by atoms with Crippen molar-refractivity contribution in [1.29, 1.82) is 0 Å². The van der Waals surface area contributed by atoms with Crippen LogP contribution in [0, 0.1) is 0 Å². The van der Waals surface area contributed by atoms with Crippen LogP contribution in [0.25, 0.3) is 0 Å². The van der Waals surface area contributed by atoms with Crippen molar-refractivity contribution in [1.82, 2.24) is 14.5 Å². The van der Waals surface area contributed by atoms with E-state index in [1.807, 2.05) is 6.92 Å². The molecule has 126 valence electrons. The summed E-state index contributed by atoms with van der Waals surface area (Å²) >= 11 is 0. The quantitative estimate of drug-likeness (QED) is 0.857. The van der Waals surface area contributed by atoms with Crippen LogP contribution in [0.3, 0.4) is 0 Å². The van der Waals surface area contributed by atoms with Gasteiger partial charge in [0.2, 0.25) is 15.9 Å². The van der Waals surface area contributed by atoms with Crippen LogP contribution in [-0.2, 0) is 14.8 Å². The fourth-order valence-corrected chi connectivity index (χ4v) is 4.23. The average Bonchev–Trinajstić information content (AvgIpc) is 3.39. The summed E-state index contributed by atoms with van der Waals surface area (Å²) in [6, 6.07) is 8.64. The molecule has 1 aliphatic heterocycles. The largest absolute Gasteiger partial charge is 0.352 e. The highest BCUT2D eigenvalue weighted by atomic mass is 32.2. The Morgan fingerprint density at radius 3 is 2.30 bits per heavy atom. The fraction of sp³-hybridized carbons (Fsp3) is 0.562. The highest BCUT2D eigenvalue weighted by molar-refractivity contribution is 7.89. The molecule has 1 aromatic carbocycles. The third kappa shape index (κ3) is 3.73. The normalized spacial score (nSPS) is 21.8. The lowest BCUT2D eigenvalue weighted by Crippen LogP contribution is -2.55. The Bertz CT molecular complexity index is 650. The van der Waals surface area contributed by atoms with E-state index in [-0.39, 0.29) is 11.9 Å². The Labute approximate surface area is 137 Å². The van der Waals surface area contributed by atoms with Crippen molar-refractivity contribution in [2.24, 2.45) is 0 Å². The number of amides is 1. The van der Waals surface area contributed by atoms with E-state index in [0.717, 1.165) is 12.8 Å². The van der Waals surface area contributed by atoms with Gasteiger partial charge >= 0.3 is 0 Å². The number of nitrogens with one attached hydrogen (secondary N) is 1. The van der Waals surface area contributed by atoms with Gasteiger partial charge in [-0.25, -0.2) is 8.42 Å². The van der Waals surface area contributed by atoms with Crippen molar-refractivity contribution >= 4 is 15.9 Å². The summed E-state index contributed by atoms with van der Waals surface area (Å²) in [4.78, 5) is 14.5. The topological polar surface area (TPSA) is 69.7 Å².